The van der Waals surface area contributed by atoms with Gasteiger partial charge in [-0.1, -0.05) is 15.9 Å². The van der Waals surface area contributed by atoms with Gasteiger partial charge in [0.1, 0.15) is 5.75 Å². The van der Waals surface area contributed by atoms with E-state index >= 15 is 0 Å². The molecule has 0 saturated heterocycles. The van der Waals surface area contributed by atoms with Crippen molar-refractivity contribution in [2.75, 3.05) is 12.4 Å². The molecule has 0 bridgehead atoms. The fourth-order valence-electron chi connectivity index (χ4n) is 1.54. The van der Waals surface area contributed by atoms with E-state index in [1.165, 1.54) is 19.2 Å². The summed E-state index contributed by atoms with van der Waals surface area (Å²) in [6, 6.07) is 7.63. The van der Waals surface area contributed by atoms with Gasteiger partial charge >= 0.3 is 5.97 Å². The Balaban J connectivity index is 2.22. The second-order valence-electron chi connectivity index (χ2n) is 3.77. The molecule has 1 amide bonds. The molecule has 0 aliphatic carbocycles. The number of methoxy groups -OCH3 is 1. The highest BCUT2D eigenvalue weighted by molar-refractivity contribution is 9.10. The van der Waals surface area contributed by atoms with E-state index in [1.54, 1.807) is 18.2 Å². The minimum Gasteiger partial charge on any atom is -0.495 e. The SMILES string of the molecule is COc1ccc(Br)cc1NC(=O)c1ccc(C(=O)O)o1. The minimum absolute atomic E-state index is 0.0931. The van der Waals surface area contributed by atoms with E-state index in [2.05, 4.69) is 21.2 Å². The van der Waals surface area contributed by atoms with Crippen molar-refractivity contribution in [1.29, 1.82) is 0 Å². The first kappa shape index (κ1) is 14.1. The van der Waals surface area contributed by atoms with Crippen LogP contribution >= 0.6 is 15.9 Å². The van der Waals surface area contributed by atoms with Crippen molar-refractivity contribution in [3.05, 3.63) is 46.3 Å². The van der Waals surface area contributed by atoms with Crippen LogP contribution in [0.15, 0.2) is 39.2 Å². The number of benzene rings is 1. The molecule has 0 unspecified atom stereocenters. The smallest absolute Gasteiger partial charge is 0.371 e. The van der Waals surface area contributed by atoms with E-state index in [-0.39, 0.29) is 11.5 Å². The second kappa shape index (κ2) is 5.79. The number of ether oxygens (including phenoxy) is 1. The summed E-state index contributed by atoms with van der Waals surface area (Å²) in [4.78, 5) is 22.6. The van der Waals surface area contributed by atoms with Gasteiger partial charge in [-0.05, 0) is 30.3 Å². The zero-order valence-corrected chi connectivity index (χ0v) is 11.9. The van der Waals surface area contributed by atoms with Gasteiger partial charge in [-0.2, -0.15) is 0 Å². The fourth-order valence-corrected chi connectivity index (χ4v) is 1.90. The van der Waals surface area contributed by atoms with Crippen LogP contribution in [0, 0.1) is 0 Å². The number of halogens is 1. The number of furan rings is 1. The van der Waals surface area contributed by atoms with Crippen LogP contribution in [0.5, 0.6) is 5.75 Å². The number of amides is 1. The van der Waals surface area contributed by atoms with Crippen molar-refractivity contribution >= 4 is 33.5 Å². The average Bonchev–Trinajstić information content (AvgIpc) is 2.89. The molecular weight excluding hydrogens is 330 g/mol. The average molecular weight is 340 g/mol. The maximum absolute atomic E-state index is 12.0. The van der Waals surface area contributed by atoms with Crippen molar-refractivity contribution in [3.8, 4) is 5.75 Å². The highest BCUT2D eigenvalue weighted by Gasteiger charge is 2.16. The highest BCUT2D eigenvalue weighted by atomic mass is 79.9. The van der Waals surface area contributed by atoms with Crippen LogP contribution < -0.4 is 10.1 Å². The van der Waals surface area contributed by atoms with Gasteiger partial charge in [0.15, 0.2) is 5.76 Å². The normalized spacial score (nSPS) is 10.1. The van der Waals surface area contributed by atoms with Gasteiger partial charge in [-0.15, -0.1) is 0 Å². The molecule has 1 aromatic carbocycles. The van der Waals surface area contributed by atoms with Gasteiger partial charge in [0.2, 0.25) is 5.76 Å². The molecule has 104 valence electrons. The molecule has 0 atom stereocenters. The number of anilines is 1. The van der Waals surface area contributed by atoms with Crippen molar-refractivity contribution in [1.82, 2.24) is 0 Å². The Morgan fingerprint density at radius 1 is 1.25 bits per heavy atom. The zero-order chi connectivity index (χ0) is 14.7. The largest absolute Gasteiger partial charge is 0.495 e. The molecule has 0 spiro atoms. The summed E-state index contributed by atoms with van der Waals surface area (Å²) < 4.78 is 10.8. The minimum atomic E-state index is -1.23. The van der Waals surface area contributed by atoms with Crippen molar-refractivity contribution in [2.24, 2.45) is 0 Å². The summed E-state index contributed by atoms with van der Waals surface area (Å²) in [5.74, 6) is -1.70. The van der Waals surface area contributed by atoms with Crippen LogP contribution in [0.1, 0.15) is 21.1 Å². The van der Waals surface area contributed by atoms with Crippen molar-refractivity contribution in [3.63, 3.8) is 0 Å². The molecule has 0 saturated carbocycles. The van der Waals surface area contributed by atoms with Gasteiger partial charge in [-0.25, -0.2) is 4.79 Å². The van der Waals surface area contributed by atoms with Gasteiger partial charge in [0.05, 0.1) is 12.8 Å². The standard InChI is InChI=1S/C13H10BrNO5/c1-19-9-3-2-7(14)6-8(9)15-12(16)10-4-5-11(20-10)13(17)18/h2-6H,1H3,(H,15,16)(H,17,18). The van der Waals surface area contributed by atoms with Gasteiger partial charge < -0.3 is 19.6 Å². The lowest BCUT2D eigenvalue weighted by atomic mass is 10.3. The van der Waals surface area contributed by atoms with E-state index in [0.717, 1.165) is 4.47 Å². The number of hydrogen-bond acceptors (Lipinski definition) is 4. The third kappa shape index (κ3) is 3.00. The molecule has 7 heteroatoms. The fraction of sp³-hybridized carbons (Fsp3) is 0.0769. The van der Waals surface area contributed by atoms with E-state index < -0.39 is 11.9 Å². The van der Waals surface area contributed by atoms with Gasteiger partial charge in [0, 0.05) is 4.47 Å². The summed E-state index contributed by atoms with van der Waals surface area (Å²) in [7, 11) is 1.48. The maximum Gasteiger partial charge on any atom is 0.371 e. The Labute approximate surface area is 122 Å². The molecule has 0 aliphatic rings. The summed E-state index contributed by atoms with van der Waals surface area (Å²) in [6.07, 6.45) is 0. The molecule has 20 heavy (non-hydrogen) atoms. The monoisotopic (exact) mass is 339 g/mol. The number of nitrogens with one attached hydrogen (secondary N) is 1. The Hall–Kier alpha value is -2.28. The summed E-state index contributed by atoms with van der Waals surface area (Å²) >= 11 is 3.29. The highest BCUT2D eigenvalue weighted by Crippen LogP contribution is 2.28. The van der Waals surface area contributed by atoms with Crippen LogP contribution in [-0.2, 0) is 0 Å². The topological polar surface area (TPSA) is 88.8 Å². The maximum atomic E-state index is 12.0. The van der Waals surface area contributed by atoms with Crippen LogP contribution in [0.2, 0.25) is 0 Å². The van der Waals surface area contributed by atoms with Crippen LogP contribution in [-0.4, -0.2) is 24.1 Å². The molecule has 0 fully saturated rings. The third-order valence-corrected chi connectivity index (χ3v) is 2.94. The lowest BCUT2D eigenvalue weighted by molar-refractivity contribution is 0.0660. The first-order chi connectivity index (χ1) is 9.51. The first-order valence-electron chi connectivity index (χ1n) is 5.49. The predicted molar refractivity (Wildman–Crippen MR) is 74.3 cm³/mol. The molecule has 2 N–H and O–H groups in total. The Bertz CT molecular complexity index is 665. The van der Waals surface area contributed by atoms with E-state index in [4.69, 9.17) is 14.3 Å². The van der Waals surface area contributed by atoms with Gasteiger partial charge in [-0.3, -0.25) is 4.79 Å². The lowest BCUT2D eigenvalue weighted by Crippen LogP contribution is -2.11. The molecule has 1 heterocycles. The number of carbonyl (C=O) groups excluding carboxylic acids is 1. The predicted octanol–water partition coefficient (Wildman–Crippen LogP) is 3.00. The van der Waals surface area contributed by atoms with Crippen molar-refractivity contribution in [2.45, 2.75) is 0 Å². The number of carbonyl (C=O) groups is 2. The van der Waals surface area contributed by atoms with Crippen LogP contribution in [0.4, 0.5) is 5.69 Å². The Morgan fingerprint density at radius 3 is 2.55 bits per heavy atom. The lowest BCUT2D eigenvalue weighted by Gasteiger charge is -2.09. The molecule has 2 rings (SSSR count). The van der Waals surface area contributed by atoms with E-state index in [9.17, 15) is 9.59 Å². The van der Waals surface area contributed by atoms with Gasteiger partial charge in [0.25, 0.3) is 5.91 Å². The zero-order valence-electron chi connectivity index (χ0n) is 10.3. The molecule has 1 aromatic heterocycles. The second-order valence-corrected chi connectivity index (χ2v) is 4.68. The number of aromatic carboxylic acids is 1. The van der Waals surface area contributed by atoms with Crippen LogP contribution in [0.25, 0.3) is 0 Å². The Kier molecular flexibility index (Phi) is 4.09. The number of carboxylic acid groups (broad SMARTS) is 1. The molecule has 6 nitrogen and oxygen atoms in total. The Morgan fingerprint density at radius 2 is 1.95 bits per heavy atom. The van der Waals surface area contributed by atoms with Crippen LogP contribution in [0.3, 0.4) is 0 Å². The quantitative estimate of drug-likeness (QED) is 0.893. The number of carboxylic acids is 1. The third-order valence-electron chi connectivity index (χ3n) is 2.45. The number of rotatable bonds is 4. The summed E-state index contributed by atoms with van der Waals surface area (Å²) in [6.45, 7) is 0. The number of hydrogen-bond donors (Lipinski definition) is 2. The van der Waals surface area contributed by atoms with E-state index in [1.807, 2.05) is 0 Å². The molecule has 2 aromatic rings. The van der Waals surface area contributed by atoms with E-state index in [0.29, 0.717) is 11.4 Å². The molecule has 0 aliphatic heterocycles. The molecular formula is C13H10BrNO5. The molecule has 0 radical (unpaired) electrons. The summed E-state index contributed by atoms with van der Waals surface area (Å²) in [5.41, 5.74) is 0.445. The first-order valence-corrected chi connectivity index (χ1v) is 6.28. The van der Waals surface area contributed by atoms with Crippen molar-refractivity contribution < 1.29 is 23.8 Å². The summed E-state index contributed by atoms with van der Waals surface area (Å²) in [5, 5.41) is 11.3.